The standard InChI is InChI=1S/C27H26N2O3/c1-2-29(27(30)17-12-22-8-13-25(14-9-22)31-19-18-28)20-23-10-15-26(16-11-23)32-21-24-6-4-3-5-7-24/h3-17H,2,19-21H2,1H3/b17-12+. The number of carbonyl (C=O) groups is 1. The van der Waals surface area contributed by atoms with E-state index in [4.69, 9.17) is 14.7 Å². The van der Waals surface area contributed by atoms with Gasteiger partial charge in [0.2, 0.25) is 5.91 Å². The summed E-state index contributed by atoms with van der Waals surface area (Å²) in [6, 6.07) is 27.1. The SMILES string of the molecule is CCN(Cc1ccc(OCc2ccccc2)cc1)C(=O)/C=C/c1ccc(OCC#N)cc1. The van der Waals surface area contributed by atoms with Gasteiger partial charge in [0.15, 0.2) is 6.61 Å². The highest BCUT2D eigenvalue weighted by Gasteiger charge is 2.09. The molecular weight excluding hydrogens is 400 g/mol. The van der Waals surface area contributed by atoms with Crippen LogP contribution in [-0.4, -0.2) is 24.0 Å². The Kier molecular flexibility index (Phi) is 8.47. The first-order valence-corrected chi connectivity index (χ1v) is 10.5. The number of hydrogen-bond donors (Lipinski definition) is 0. The summed E-state index contributed by atoms with van der Waals surface area (Å²) < 4.78 is 11.1. The van der Waals surface area contributed by atoms with Crippen LogP contribution in [0.25, 0.3) is 6.08 Å². The van der Waals surface area contributed by atoms with Gasteiger partial charge in [0.25, 0.3) is 0 Å². The van der Waals surface area contributed by atoms with E-state index in [1.807, 2.05) is 79.7 Å². The Labute approximate surface area is 189 Å². The van der Waals surface area contributed by atoms with Crippen LogP contribution in [0.4, 0.5) is 0 Å². The molecule has 0 saturated carbocycles. The van der Waals surface area contributed by atoms with Crippen LogP contribution in [0.2, 0.25) is 0 Å². The maximum Gasteiger partial charge on any atom is 0.246 e. The molecule has 162 valence electrons. The van der Waals surface area contributed by atoms with Crippen molar-refractivity contribution in [1.82, 2.24) is 4.90 Å². The molecule has 0 radical (unpaired) electrons. The van der Waals surface area contributed by atoms with Crippen molar-refractivity contribution >= 4 is 12.0 Å². The molecule has 0 fully saturated rings. The molecular formula is C27H26N2O3. The Morgan fingerprint density at radius 1 is 0.906 bits per heavy atom. The summed E-state index contributed by atoms with van der Waals surface area (Å²) in [5.41, 5.74) is 3.05. The third-order valence-electron chi connectivity index (χ3n) is 4.84. The lowest BCUT2D eigenvalue weighted by Crippen LogP contribution is -2.28. The molecule has 0 spiro atoms. The molecule has 0 aliphatic rings. The quantitative estimate of drug-likeness (QED) is 0.417. The van der Waals surface area contributed by atoms with Crippen LogP contribution in [0, 0.1) is 11.3 Å². The van der Waals surface area contributed by atoms with Gasteiger partial charge in [-0.05, 0) is 54.0 Å². The normalized spacial score (nSPS) is 10.5. The summed E-state index contributed by atoms with van der Waals surface area (Å²) in [5, 5.41) is 8.55. The summed E-state index contributed by atoms with van der Waals surface area (Å²) in [7, 11) is 0. The number of rotatable bonds is 10. The van der Waals surface area contributed by atoms with Gasteiger partial charge in [0.05, 0.1) is 0 Å². The number of amides is 1. The van der Waals surface area contributed by atoms with Crippen molar-refractivity contribution in [2.24, 2.45) is 0 Å². The minimum atomic E-state index is -0.0540. The molecule has 0 N–H and O–H groups in total. The zero-order valence-corrected chi connectivity index (χ0v) is 18.1. The molecule has 0 heterocycles. The van der Waals surface area contributed by atoms with Crippen LogP contribution in [0.5, 0.6) is 11.5 Å². The average molecular weight is 427 g/mol. The molecule has 0 atom stereocenters. The molecule has 32 heavy (non-hydrogen) atoms. The highest BCUT2D eigenvalue weighted by molar-refractivity contribution is 5.91. The Morgan fingerprint density at radius 3 is 2.22 bits per heavy atom. The van der Waals surface area contributed by atoms with Crippen molar-refractivity contribution in [2.75, 3.05) is 13.2 Å². The minimum Gasteiger partial charge on any atom is -0.489 e. The van der Waals surface area contributed by atoms with E-state index in [1.54, 1.807) is 29.2 Å². The lowest BCUT2D eigenvalue weighted by molar-refractivity contribution is -0.126. The van der Waals surface area contributed by atoms with Crippen LogP contribution in [-0.2, 0) is 17.9 Å². The number of nitriles is 1. The van der Waals surface area contributed by atoms with Crippen LogP contribution in [0.15, 0.2) is 84.9 Å². The van der Waals surface area contributed by atoms with Crippen molar-refractivity contribution in [3.8, 4) is 17.6 Å². The maximum absolute atomic E-state index is 12.6. The van der Waals surface area contributed by atoms with Crippen LogP contribution < -0.4 is 9.47 Å². The van der Waals surface area contributed by atoms with E-state index in [0.29, 0.717) is 25.4 Å². The van der Waals surface area contributed by atoms with Gasteiger partial charge in [-0.25, -0.2) is 0 Å². The van der Waals surface area contributed by atoms with Gasteiger partial charge in [-0.2, -0.15) is 5.26 Å². The fourth-order valence-corrected chi connectivity index (χ4v) is 3.06. The summed E-state index contributed by atoms with van der Waals surface area (Å²) in [4.78, 5) is 14.4. The van der Waals surface area contributed by atoms with Crippen LogP contribution >= 0.6 is 0 Å². The van der Waals surface area contributed by atoms with Gasteiger partial charge in [0, 0.05) is 19.2 Å². The predicted octanol–water partition coefficient (Wildman–Crippen LogP) is 5.23. The number of carbonyl (C=O) groups excluding carboxylic acids is 1. The van der Waals surface area contributed by atoms with E-state index in [1.165, 1.54) is 0 Å². The summed E-state index contributed by atoms with van der Waals surface area (Å²) in [6.07, 6.45) is 3.35. The average Bonchev–Trinajstić information content (AvgIpc) is 2.85. The second-order valence-corrected chi connectivity index (χ2v) is 7.12. The zero-order valence-electron chi connectivity index (χ0n) is 18.1. The van der Waals surface area contributed by atoms with Gasteiger partial charge in [-0.1, -0.05) is 54.6 Å². The molecule has 1 amide bonds. The smallest absolute Gasteiger partial charge is 0.246 e. The Bertz CT molecular complexity index is 1050. The van der Waals surface area contributed by atoms with E-state index in [-0.39, 0.29) is 12.5 Å². The van der Waals surface area contributed by atoms with Gasteiger partial charge < -0.3 is 14.4 Å². The Balaban J connectivity index is 1.53. The van der Waals surface area contributed by atoms with E-state index in [2.05, 4.69) is 0 Å². The summed E-state index contributed by atoms with van der Waals surface area (Å²) >= 11 is 0. The first-order chi connectivity index (χ1) is 15.7. The number of hydrogen-bond acceptors (Lipinski definition) is 4. The third-order valence-corrected chi connectivity index (χ3v) is 4.84. The van der Waals surface area contributed by atoms with Gasteiger partial charge in [-0.15, -0.1) is 0 Å². The molecule has 0 unspecified atom stereocenters. The molecule has 0 bridgehead atoms. The van der Waals surface area contributed by atoms with E-state index < -0.39 is 0 Å². The molecule has 5 heteroatoms. The minimum absolute atomic E-state index is 0.0132. The lowest BCUT2D eigenvalue weighted by atomic mass is 10.2. The van der Waals surface area contributed by atoms with E-state index in [0.717, 1.165) is 22.4 Å². The second kappa shape index (κ2) is 12.0. The topological polar surface area (TPSA) is 62.6 Å². The fraction of sp³-hybridized carbons (Fsp3) is 0.185. The van der Waals surface area contributed by atoms with Gasteiger partial charge in [0.1, 0.15) is 24.2 Å². The highest BCUT2D eigenvalue weighted by atomic mass is 16.5. The van der Waals surface area contributed by atoms with Gasteiger partial charge in [-0.3, -0.25) is 4.79 Å². The van der Waals surface area contributed by atoms with Crippen molar-refractivity contribution < 1.29 is 14.3 Å². The molecule has 0 aliphatic carbocycles. The molecule has 3 rings (SSSR count). The summed E-state index contributed by atoms with van der Waals surface area (Å²) in [5.74, 6) is 1.37. The number of likely N-dealkylation sites (N-methyl/N-ethyl adjacent to an activating group) is 1. The first kappa shape index (κ1) is 22.6. The maximum atomic E-state index is 12.6. The predicted molar refractivity (Wildman–Crippen MR) is 125 cm³/mol. The zero-order chi connectivity index (χ0) is 22.6. The lowest BCUT2D eigenvalue weighted by Gasteiger charge is -2.19. The third kappa shape index (κ3) is 7.03. The van der Waals surface area contributed by atoms with Crippen molar-refractivity contribution in [3.63, 3.8) is 0 Å². The number of nitrogens with zero attached hydrogens (tertiary/aromatic N) is 2. The van der Waals surface area contributed by atoms with E-state index >= 15 is 0 Å². The first-order valence-electron chi connectivity index (χ1n) is 10.5. The largest absolute Gasteiger partial charge is 0.489 e. The Hall–Kier alpha value is -4.04. The van der Waals surface area contributed by atoms with Crippen molar-refractivity contribution in [2.45, 2.75) is 20.1 Å². The molecule has 5 nitrogen and oxygen atoms in total. The number of benzene rings is 3. The van der Waals surface area contributed by atoms with Gasteiger partial charge >= 0.3 is 0 Å². The number of ether oxygens (including phenoxy) is 2. The van der Waals surface area contributed by atoms with E-state index in [9.17, 15) is 4.79 Å². The van der Waals surface area contributed by atoms with Crippen molar-refractivity contribution in [1.29, 1.82) is 5.26 Å². The monoisotopic (exact) mass is 426 g/mol. The highest BCUT2D eigenvalue weighted by Crippen LogP contribution is 2.16. The molecule has 0 saturated heterocycles. The van der Waals surface area contributed by atoms with Crippen molar-refractivity contribution in [3.05, 3.63) is 102 Å². The van der Waals surface area contributed by atoms with Crippen LogP contribution in [0.1, 0.15) is 23.6 Å². The van der Waals surface area contributed by atoms with Crippen LogP contribution in [0.3, 0.4) is 0 Å². The molecule has 3 aromatic rings. The Morgan fingerprint density at radius 2 is 1.56 bits per heavy atom. The molecule has 3 aromatic carbocycles. The fourth-order valence-electron chi connectivity index (χ4n) is 3.06. The summed E-state index contributed by atoms with van der Waals surface area (Å²) in [6.45, 7) is 3.63. The second-order valence-electron chi connectivity index (χ2n) is 7.12. The molecule has 0 aliphatic heterocycles. The molecule has 0 aromatic heterocycles.